The van der Waals surface area contributed by atoms with Crippen molar-refractivity contribution in [3.05, 3.63) is 34.9 Å². The van der Waals surface area contributed by atoms with E-state index < -0.39 is 12.0 Å². The second-order valence-corrected chi connectivity index (χ2v) is 4.98. The fraction of sp³-hybridized carbons (Fsp3) is 0.562. The third-order valence-electron chi connectivity index (χ3n) is 3.36. The molecule has 0 spiro atoms. The maximum Gasteiger partial charge on any atom is 0.454 e. The normalized spacial score (nSPS) is 11.7. The number of halogens is 3. The maximum absolute atomic E-state index is 12.7. The van der Waals surface area contributed by atoms with Crippen LogP contribution in [0.15, 0.2) is 18.2 Å². The Kier molecular flexibility index (Phi) is 6.24. The van der Waals surface area contributed by atoms with E-state index in [1.54, 1.807) is 6.07 Å². The summed E-state index contributed by atoms with van der Waals surface area (Å²) in [7, 11) is 0. The van der Waals surface area contributed by atoms with Crippen LogP contribution in [0.1, 0.15) is 61.0 Å². The highest BCUT2D eigenvalue weighted by molar-refractivity contribution is 6.01. The predicted octanol–water partition coefficient (Wildman–Crippen LogP) is 5.12. The van der Waals surface area contributed by atoms with Gasteiger partial charge in [0, 0.05) is 5.56 Å². The minimum absolute atomic E-state index is 0.167. The molecule has 0 atom stereocenters. The molecule has 0 fully saturated rings. The zero-order chi connectivity index (χ0) is 15.2. The molecule has 1 rings (SSSR count). The number of hydrogen-bond donors (Lipinski definition) is 0. The number of aryl methyl sites for hydroxylation is 1. The van der Waals surface area contributed by atoms with Gasteiger partial charge < -0.3 is 0 Å². The molecular formula is C16H21F3O. The van der Waals surface area contributed by atoms with Crippen molar-refractivity contribution in [1.82, 2.24) is 0 Å². The molecule has 1 aromatic carbocycles. The zero-order valence-electron chi connectivity index (χ0n) is 12.0. The molecule has 0 saturated carbocycles. The fourth-order valence-corrected chi connectivity index (χ4v) is 2.25. The van der Waals surface area contributed by atoms with E-state index in [9.17, 15) is 18.0 Å². The first-order chi connectivity index (χ1) is 9.41. The Morgan fingerprint density at radius 2 is 1.65 bits per heavy atom. The van der Waals surface area contributed by atoms with Crippen molar-refractivity contribution in [2.24, 2.45) is 0 Å². The van der Waals surface area contributed by atoms with Crippen LogP contribution in [0.5, 0.6) is 0 Å². The van der Waals surface area contributed by atoms with Crippen LogP contribution in [0.4, 0.5) is 13.2 Å². The average molecular weight is 286 g/mol. The SMILES string of the molecule is CCCCc1cccc(C(=O)C(F)(F)F)c1CCCC. The Bertz CT molecular complexity index is 450. The minimum atomic E-state index is -4.80. The van der Waals surface area contributed by atoms with Crippen LogP contribution in [0.3, 0.4) is 0 Å². The Hall–Kier alpha value is -1.32. The molecule has 0 aliphatic heterocycles. The van der Waals surface area contributed by atoms with E-state index in [1.807, 2.05) is 19.9 Å². The number of unbranched alkanes of at least 4 members (excludes halogenated alkanes) is 2. The van der Waals surface area contributed by atoms with Crippen LogP contribution in [0.2, 0.25) is 0 Å². The van der Waals surface area contributed by atoms with Crippen molar-refractivity contribution in [1.29, 1.82) is 0 Å². The first-order valence-electron chi connectivity index (χ1n) is 7.14. The summed E-state index contributed by atoms with van der Waals surface area (Å²) in [6.07, 6.45) is 0.0445. The molecule has 0 aliphatic rings. The van der Waals surface area contributed by atoms with Crippen molar-refractivity contribution in [2.45, 2.75) is 58.5 Å². The highest BCUT2D eigenvalue weighted by atomic mass is 19.4. The second-order valence-electron chi connectivity index (χ2n) is 4.98. The highest BCUT2D eigenvalue weighted by Gasteiger charge is 2.40. The third kappa shape index (κ3) is 4.36. The van der Waals surface area contributed by atoms with E-state index in [4.69, 9.17) is 0 Å². The fourth-order valence-electron chi connectivity index (χ4n) is 2.25. The maximum atomic E-state index is 12.7. The molecule has 0 unspecified atom stereocenters. The summed E-state index contributed by atoms with van der Waals surface area (Å²) in [5, 5.41) is 0. The quantitative estimate of drug-likeness (QED) is 0.636. The number of alkyl halides is 3. The molecule has 0 bridgehead atoms. The summed E-state index contributed by atoms with van der Waals surface area (Å²) in [5.74, 6) is -1.72. The summed E-state index contributed by atoms with van der Waals surface area (Å²) >= 11 is 0. The number of ketones is 1. The number of Topliss-reactive ketones (excluding diaryl/α,β-unsaturated/α-hetero) is 1. The second kappa shape index (κ2) is 7.46. The largest absolute Gasteiger partial charge is 0.454 e. The van der Waals surface area contributed by atoms with Gasteiger partial charge >= 0.3 is 6.18 Å². The van der Waals surface area contributed by atoms with E-state index in [-0.39, 0.29) is 5.56 Å². The van der Waals surface area contributed by atoms with Gasteiger partial charge in [0.15, 0.2) is 0 Å². The van der Waals surface area contributed by atoms with Gasteiger partial charge in [-0.1, -0.05) is 44.9 Å². The van der Waals surface area contributed by atoms with E-state index in [0.29, 0.717) is 12.0 Å². The first-order valence-corrected chi connectivity index (χ1v) is 7.14. The average Bonchev–Trinajstić information content (AvgIpc) is 2.41. The zero-order valence-corrected chi connectivity index (χ0v) is 12.0. The highest BCUT2D eigenvalue weighted by Crippen LogP contribution is 2.27. The molecule has 0 N–H and O–H groups in total. The molecule has 0 amide bonds. The van der Waals surface area contributed by atoms with Crippen LogP contribution in [-0.4, -0.2) is 12.0 Å². The lowest BCUT2D eigenvalue weighted by Gasteiger charge is -2.15. The molecule has 0 saturated heterocycles. The van der Waals surface area contributed by atoms with Gasteiger partial charge in [0.05, 0.1) is 0 Å². The molecule has 0 radical (unpaired) electrons. The summed E-state index contributed by atoms with van der Waals surface area (Å²) in [4.78, 5) is 11.6. The van der Waals surface area contributed by atoms with Crippen molar-refractivity contribution in [2.75, 3.05) is 0 Å². The van der Waals surface area contributed by atoms with Gasteiger partial charge in [-0.05, 0) is 36.8 Å². The first kappa shape index (κ1) is 16.7. The van der Waals surface area contributed by atoms with E-state index in [2.05, 4.69) is 0 Å². The Labute approximate surface area is 118 Å². The van der Waals surface area contributed by atoms with Gasteiger partial charge in [-0.2, -0.15) is 13.2 Å². The predicted molar refractivity (Wildman–Crippen MR) is 74.1 cm³/mol. The van der Waals surface area contributed by atoms with Gasteiger partial charge in [0.1, 0.15) is 0 Å². The number of hydrogen-bond acceptors (Lipinski definition) is 1. The summed E-state index contributed by atoms with van der Waals surface area (Å²) in [5.41, 5.74) is 1.31. The molecular weight excluding hydrogens is 265 g/mol. The van der Waals surface area contributed by atoms with Gasteiger partial charge in [-0.15, -0.1) is 0 Å². The third-order valence-corrected chi connectivity index (χ3v) is 3.36. The van der Waals surface area contributed by atoms with Crippen LogP contribution >= 0.6 is 0 Å². The van der Waals surface area contributed by atoms with Gasteiger partial charge in [-0.3, -0.25) is 4.79 Å². The Balaban J connectivity index is 3.17. The smallest absolute Gasteiger partial charge is 0.284 e. The summed E-state index contributed by atoms with van der Waals surface area (Å²) in [6, 6.07) is 4.70. The number of benzene rings is 1. The number of carbonyl (C=O) groups is 1. The van der Waals surface area contributed by atoms with Crippen molar-refractivity contribution < 1.29 is 18.0 Å². The van der Waals surface area contributed by atoms with E-state index >= 15 is 0 Å². The van der Waals surface area contributed by atoms with Crippen LogP contribution in [0.25, 0.3) is 0 Å². The van der Waals surface area contributed by atoms with Gasteiger partial charge in [0.25, 0.3) is 5.78 Å². The Morgan fingerprint density at radius 3 is 2.20 bits per heavy atom. The molecule has 0 aromatic heterocycles. The van der Waals surface area contributed by atoms with Crippen LogP contribution in [-0.2, 0) is 12.8 Å². The van der Waals surface area contributed by atoms with Gasteiger partial charge in [-0.25, -0.2) is 0 Å². The molecule has 20 heavy (non-hydrogen) atoms. The molecule has 0 aliphatic carbocycles. The summed E-state index contributed by atoms with van der Waals surface area (Å²) < 4.78 is 38.0. The topological polar surface area (TPSA) is 17.1 Å². The van der Waals surface area contributed by atoms with Crippen LogP contribution < -0.4 is 0 Å². The summed E-state index contributed by atoms with van der Waals surface area (Å²) in [6.45, 7) is 4.02. The lowest BCUT2D eigenvalue weighted by Crippen LogP contribution is -2.24. The molecule has 1 nitrogen and oxygen atoms in total. The van der Waals surface area contributed by atoms with Crippen molar-refractivity contribution in [3.8, 4) is 0 Å². The number of carbonyl (C=O) groups excluding carboxylic acids is 1. The molecule has 4 heteroatoms. The minimum Gasteiger partial charge on any atom is -0.284 e. The van der Waals surface area contributed by atoms with Crippen LogP contribution in [0, 0.1) is 0 Å². The van der Waals surface area contributed by atoms with E-state index in [1.165, 1.54) is 6.07 Å². The lowest BCUT2D eigenvalue weighted by atomic mass is 9.91. The number of rotatable bonds is 7. The standard InChI is InChI=1S/C16H21F3O/c1-3-5-8-12-9-7-11-14(13(12)10-6-4-2)15(20)16(17,18)19/h7,9,11H,3-6,8,10H2,1-2H3. The Morgan fingerprint density at radius 1 is 1.05 bits per heavy atom. The van der Waals surface area contributed by atoms with Crippen molar-refractivity contribution >= 4 is 5.78 Å². The van der Waals surface area contributed by atoms with E-state index in [0.717, 1.165) is 37.7 Å². The lowest BCUT2D eigenvalue weighted by molar-refractivity contribution is -0.0885. The molecule has 0 heterocycles. The molecule has 112 valence electrons. The van der Waals surface area contributed by atoms with Crippen molar-refractivity contribution in [3.63, 3.8) is 0 Å². The molecule has 1 aromatic rings. The monoisotopic (exact) mass is 286 g/mol. The van der Waals surface area contributed by atoms with Gasteiger partial charge in [0.2, 0.25) is 0 Å².